The van der Waals surface area contributed by atoms with E-state index < -0.39 is 23.5 Å². The molecule has 6 nitrogen and oxygen atoms in total. The number of imidazole rings is 1. The van der Waals surface area contributed by atoms with Gasteiger partial charge in [0, 0.05) is 13.1 Å². The predicted molar refractivity (Wildman–Crippen MR) is 56.2 cm³/mol. The molecule has 9 heteroatoms. The van der Waals surface area contributed by atoms with Gasteiger partial charge >= 0.3 is 12.1 Å². The maximum Gasteiger partial charge on any atom is 0.433 e. The lowest BCUT2D eigenvalue weighted by Crippen LogP contribution is -2.14. The zero-order valence-electron chi connectivity index (χ0n) is 9.51. The lowest BCUT2D eigenvalue weighted by Gasteiger charge is -2.09. The Morgan fingerprint density at radius 3 is 2.53 bits per heavy atom. The number of carbonyl (C=O) groups is 1. The molecule has 0 amide bonds. The Morgan fingerprint density at radius 1 is 1.37 bits per heavy atom. The summed E-state index contributed by atoms with van der Waals surface area (Å²) in [5.74, 6) is -1.90. The number of aryl methyl sites for hydroxylation is 1. The van der Waals surface area contributed by atoms with Crippen LogP contribution in [-0.2, 0) is 13.2 Å². The van der Waals surface area contributed by atoms with Gasteiger partial charge in [-0.05, 0) is 0 Å². The van der Waals surface area contributed by atoms with Crippen molar-refractivity contribution in [1.82, 2.24) is 19.5 Å². The van der Waals surface area contributed by atoms with Gasteiger partial charge < -0.3 is 9.67 Å². The molecule has 0 unspecified atom stereocenters. The van der Waals surface area contributed by atoms with E-state index in [1.54, 1.807) is 0 Å². The van der Waals surface area contributed by atoms with E-state index in [1.165, 1.54) is 24.1 Å². The Balaban J connectivity index is 2.65. The summed E-state index contributed by atoms with van der Waals surface area (Å²) in [6.45, 7) is 0. The third-order valence-corrected chi connectivity index (χ3v) is 2.28. The summed E-state index contributed by atoms with van der Waals surface area (Å²) in [5, 5.41) is 8.79. The molecule has 0 aliphatic carbocycles. The monoisotopic (exact) mass is 272 g/mol. The second kappa shape index (κ2) is 4.34. The molecule has 1 N–H and O–H groups in total. The summed E-state index contributed by atoms with van der Waals surface area (Å²) in [6.07, 6.45) is -2.15. The summed E-state index contributed by atoms with van der Waals surface area (Å²) in [6, 6.07) is 0.391. The van der Waals surface area contributed by atoms with Crippen molar-refractivity contribution in [3.63, 3.8) is 0 Å². The smallest absolute Gasteiger partial charge is 0.433 e. The number of alkyl halides is 3. The number of hydrogen-bond donors (Lipinski definition) is 1. The maximum absolute atomic E-state index is 12.6. The van der Waals surface area contributed by atoms with E-state index in [0.29, 0.717) is 6.07 Å². The molecule has 0 fully saturated rings. The lowest BCUT2D eigenvalue weighted by molar-refractivity contribution is -0.141. The Hall–Kier alpha value is -2.45. The van der Waals surface area contributed by atoms with Gasteiger partial charge in [-0.3, -0.25) is 0 Å². The predicted octanol–water partition coefficient (Wildman–Crippen LogP) is 1.59. The van der Waals surface area contributed by atoms with Gasteiger partial charge in [-0.1, -0.05) is 0 Å². The van der Waals surface area contributed by atoms with Crippen LogP contribution in [0.1, 0.15) is 16.2 Å². The van der Waals surface area contributed by atoms with Crippen molar-refractivity contribution in [1.29, 1.82) is 0 Å². The minimum Gasteiger partial charge on any atom is -0.477 e. The highest BCUT2D eigenvalue weighted by molar-refractivity contribution is 5.86. The van der Waals surface area contributed by atoms with Crippen LogP contribution < -0.4 is 0 Å². The first kappa shape index (κ1) is 13.0. The average molecular weight is 272 g/mol. The SMILES string of the molecule is Cn1cncc1-c1nc(C(=O)O)cc(C(F)(F)F)n1. The molecule has 0 bridgehead atoms. The number of halogens is 3. The fourth-order valence-corrected chi connectivity index (χ4v) is 1.39. The van der Waals surface area contributed by atoms with E-state index in [4.69, 9.17) is 5.11 Å². The highest BCUT2D eigenvalue weighted by atomic mass is 19.4. The highest BCUT2D eigenvalue weighted by Crippen LogP contribution is 2.29. The zero-order valence-corrected chi connectivity index (χ0v) is 9.51. The second-order valence-electron chi connectivity index (χ2n) is 3.65. The van der Waals surface area contributed by atoms with E-state index in [1.807, 2.05) is 0 Å². The highest BCUT2D eigenvalue weighted by Gasteiger charge is 2.34. The van der Waals surface area contributed by atoms with Crippen molar-refractivity contribution in [3.05, 3.63) is 30.0 Å². The lowest BCUT2D eigenvalue weighted by atomic mass is 10.3. The Kier molecular flexibility index (Phi) is 2.97. The molecule has 19 heavy (non-hydrogen) atoms. The first-order chi connectivity index (χ1) is 8.79. The molecule has 0 radical (unpaired) electrons. The molecule has 2 heterocycles. The molecule has 2 aromatic rings. The van der Waals surface area contributed by atoms with Gasteiger partial charge in [0.1, 0.15) is 11.4 Å². The maximum atomic E-state index is 12.6. The molecular formula is C10H7F3N4O2. The van der Waals surface area contributed by atoms with Crippen LogP contribution in [0.2, 0.25) is 0 Å². The number of carboxylic acid groups (broad SMARTS) is 1. The molecule has 0 spiro atoms. The molecule has 2 rings (SSSR count). The van der Waals surface area contributed by atoms with E-state index in [2.05, 4.69) is 15.0 Å². The first-order valence-corrected chi connectivity index (χ1v) is 4.95. The number of nitrogens with zero attached hydrogens (tertiary/aromatic N) is 4. The van der Waals surface area contributed by atoms with E-state index in [9.17, 15) is 18.0 Å². The third-order valence-electron chi connectivity index (χ3n) is 2.28. The number of rotatable bonds is 2. The topological polar surface area (TPSA) is 80.9 Å². The van der Waals surface area contributed by atoms with Gasteiger partial charge in [-0.2, -0.15) is 13.2 Å². The molecule has 0 saturated heterocycles. The molecule has 0 aliphatic heterocycles. The van der Waals surface area contributed by atoms with Gasteiger partial charge in [0.2, 0.25) is 0 Å². The summed E-state index contributed by atoms with van der Waals surface area (Å²) in [7, 11) is 1.53. The van der Waals surface area contributed by atoms with Crippen LogP contribution in [0.5, 0.6) is 0 Å². The fourth-order valence-electron chi connectivity index (χ4n) is 1.39. The van der Waals surface area contributed by atoms with Crippen molar-refractivity contribution in [2.45, 2.75) is 6.18 Å². The largest absolute Gasteiger partial charge is 0.477 e. The number of aromatic nitrogens is 4. The van der Waals surface area contributed by atoms with Crippen LogP contribution in [0.25, 0.3) is 11.5 Å². The van der Waals surface area contributed by atoms with Gasteiger partial charge in [0.15, 0.2) is 11.5 Å². The average Bonchev–Trinajstić information content (AvgIpc) is 2.73. The van der Waals surface area contributed by atoms with E-state index in [-0.39, 0.29) is 11.5 Å². The fraction of sp³-hybridized carbons (Fsp3) is 0.200. The Morgan fingerprint density at radius 2 is 2.05 bits per heavy atom. The molecule has 0 aliphatic rings. The molecule has 0 atom stereocenters. The molecule has 2 aromatic heterocycles. The van der Waals surface area contributed by atoms with Crippen molar-refractivity contribution >= 4 is 5.97 Å². The Labute approximate surface area is 104 Å². The quantitative estimate of drug-likeness (QED) is 0.897. The van der Waals surface area contributed by atoms with E-state index in [0.717, 1.165) is 0 Å². The van der Waals surface area contributed by atoms with Crippen LogP contribution in [0.3, 0.4) is 0 Å². The number of carboxylic acids is 1. The molecule has 0 aromatic carbocycles. The summed E-state index contributed by atoms with van der Waals surface area (Å²) in [5.41, 5.74) is -1.84. The third kappa shape index (κ3) is 2.54. The van der Waals surface area contributed by atoms with Gasteiger partial charge in [0.25, 0.3) is 0 Å². The summed E-state index contributed by atoms with van der Waals surface area (Å²) >= 11 is 0. The van der Waals surface area contributed by atoms with Crippen molar-refractivity contribution in [3.8, 4) is 11.5 Å². The standard InChI is InChI=1S/C10H7F3N4O2/c1-17-4-14-3-6(17)8-15-5(9(18)19)2-7(16-8)10(11,12)13/h2-4H,1H3,(H,18,19). The second-order valence-corrected chi connectivity index (χ2v) is 3.65. The number of hydrogen-bond acceptors (Lipinski definition) is 4. The van der Waals surface area contributed by atoms with Crippen LogP contribution in [0.15, 0.2) is 18.6 Å². The van der Waals surface area contributed by atoms with E-state index >= 15 is 0 Å². The Bertz CT molecular complexity index is 636. The van der Waals surface area contributed by atoms with Crippen molar-refractivity contribution in [2.24, 2.45) is 7.05 Å². The van der Waals surface area contributed by atoms with Crippen LogP contribution in [0.4, 0.5) is 13.2 Å². The molecular weight excluding hydrogens is 265 g/mol. The normalized spacial score (nSPS) is 11.6. The van der Waals surface area contributed by atoms with Gasteiger partial charge in [0.05, 0.1) is 12.5 Å². The minimum atomic E-state index is -4.75. The van der Waals surface area contributed by atoms with Gasteiger partial charge in [-0.25, -0.2) is 19.7 Å². The molecule has 0 saturated carbocycles. The minimum absolute atomic E-state index is 0.189. The summed E-state index contributed by atoms with van der Waals surface area (Å²) < 4.78 is 39.3. The zero-order chi connectivity index (χ0) is 14.2. The van der Waals surface area contributed by atoms with Gasteiger partial charge in [-0.15, -0.1) is 0 Å². The number of aromatic carboxylic acids is 1. The first-order valence-electron chi connectivity index (χ1n) is 4.95. The molecule has 100 valence electrons. The van der Waals surface area contributed by atoms with Crippen LogP contribution >= 0.6 is 0 Å². The van der Waals surface area contributed by atoms with Crippen LogP contribution in [0, 0.1) is 0 Å². The van der Waals surface area contributed by atoms with Crippen molar-refractivity contribution < 1.29 is 23.1 Å². The van der Waals surface area contributed by atoms with Crippen molar-refractivity contribution in [2.75, 3.05) is 0 Å². The summed E-state index contributed by atoms with van der Waals surface area (Å²) in [4.78, 5) is 21.4. The van der Waals surface area contributed by atoms with Crippen LogP contribution in [-0.4, -0.2) is 30.6 Å².